The van der Waals surface area contributed by atoms with Gasteiger partial charge in [-0.2, -0.15) is 13.2 Å². The molecule has 156 valence electrons. The van der Waals surface area contributed by atoms with Crippen LogP contribution in [-0.4, -0.2) is 13.0 Å². The topological polar surface area (TPSA) is 50.4 Å². The first-order valence-electron chi connectivity index (χ1n) is 8.56. The number of nitrogens with one attached hydrogen (secondary N) is 2. The van der Waals surface area contributed by atoms with E-state index >= 15 is 0 Å². The van der Waals surface area contributed by atoms with Crippen LogP contribution < -0.4 is 15.4 Å². The van der Waals surface area contributed by atoms with Crippen LogP contribution in [0.1, 0.15) is 15.9 Å². The van der Waals surface area contributed by atoms with Crippen molar-refractivity contribution in [3.05, 3.63) is 83.4 Å². The zero-order valence-corrected chi connectivity index (χ0v) is 15.5. The molecule has 3 rings (SSSR count). The number of anilines is 3. The minimum absolute atomic E-state index is 0.0436. The van der Waals surface area contributed by atoms with Crippen LogP contribution in [0, 0.1) is 11.6 Å². The lowest BCUT2D eigenvalue weighted by Crippen LogP contribution is -2.12. The molecule has 1 amide bonds. The minimum atomic E-state index is -4.51. The first-order chi connectivity index (χ1) is 14.2. The number of amides is 1. The van der Waals surface area contributed by atoms with Crippen LogP contribution in [0.25, 0.3) is 0 Å². The predicted octanol–water partition coefficient (Wildman–Crippen LogP) is 5.99. The van der Waals surface area contributed by atoms with Crippen LogP contribution in [0.2, 0.25) is 0 Å². The van der Waals surface area contributed by atoms with Crippen molar-refractivity contribution in [2.75, 3.05) is 17.7 Å². The van der Waals surface area contributed by atoms with Gasteiger partial charge in [0.15, 0.2) is 11.6 Å². The van der Waals surface area contributed by atoms with Crippen molar-refractivity contribution in [1.82, 2.24) is 0 Å². The summed E-state index contributed by atoms with van der Waals surface area (Å²) < 4.78 is 70.3. The van der Waals surface area contributed by atoms with Gasteiger partial charge in [0.05, 0.1) is 18.4 Å². The molecule has 3 aromatic rings. The fourth-order valence-corrected chi connectivity index (χ4v) is 2.65. The quantitative estimate of drug-likeness (QED) is 0.497. The normalized spacial score (nSPS) is 11.1. The average Bonchev–Trinajstić information content (AvgIpc) is 2.70. The molecule has 4 nitrogen and oxygen atoms in total. The highest BCUT2D eigenvalue weighted by molar-refractivity contribution is 6.05. The van der Waals surface area contributed by atoms with Crippen molar-refractivity contribution < 1.29 is 31.5 Å². The second kappa shape index (κ2) is 8.40. The third-order valence-corrected chi connectivity index (χ3v) is 4.11. The van der Waals surface area contributed by atoms with E-state index in [1.807, 2.05) is 0 Å². The summed E-state index contributed by atoms with van der Waals surface area (Å²) in [5, 5.41) is 5.22. The third kappa shape index (κ3) is 4.86. The van der Waals surface area contributed by atoms with Gasteiger partial charge >= 0.3 is 6.18 Å². The molecule has 0 fully saturated rings. The highest BCUT2D eigenvalue weighted by Crippen LogP contribution is 2.33. The summed E-state index contributed by atoms with van der Waals surface area (Å²) in [5.74, 6) is -2.51. The Balaban J connectivity index is 1.86. The average molecular weight is 422 g/mol. The maximum Gasteiger partial charge on any atom is 0.416 e. The number of halogens is 5. The Morgan fingerprint density at radius 2 is 1.67 bits per heavy atom. The minimum Gasteiger partial charge on any atom is -0.495 e. The van der Waals surface area contributed by atoms with Crippen LogP contribution in [-0.2, 0) is 6.18 Å². The molecule has 0 aliphatic rings. The lowest BCUT2D eigenvalue weighted by Gasteiger charge is -2.14. The number of rotatable bonds is 5. The first kappa shape index (κ1) is 21.1. The van der Waals surface area contributed by atoms with Gasteiger partial charge in [-0.3, -0.25) is 4.79 Å². The standard InChI is InChI=1S/C21H15F5N2O2/c1-30-19-8-5-12(20(29)28-15-6-7-16(22)17(23)11-15)9-18(19)27-14-4-2-3-13(10-14)21(24,25)26/h2-11,27H,1H3,(H,28,29). The molecule has 2 N–H and O–H groups in total. The predicted molar refractivity (Wildman–Crippen MR) is 102 cm³/mol. The van der Waals surface area contributed by atoms with Gasteiger partial charge in [-0.25, -0.2) is 8.78 Å². The van der Waals surface area contributed by atoms with E-state index in [1.54, 1.807) is 0 Å². The Bertz CT molecular complexity index is 1080. The van der Waals surface area contributed by atoms with Gasteiger partial charge in [-0.15, -0.1) is 0 Å². The second-order valence-corrected chi connectivity index (χ2v) is 6.20. The van der Waals surface area contributed by atoms with E-state index in [-0.39, 0.29) is 28.4 Å². The number of hydrogen-bond acceptors (Lipinski definition) is 3. The van der Waals surface area contributed by atoms with Crippen molar-refractivity contribution >= 4 is 23.0 Å². The number of ether oxygens (including phenoxy) is 1. The van der Waals surface area contributed by atoms with E-state index in [2.05, 4.69) is 10.6 Å². The van der Waals surface area contributed by atoms with Crippen molar-refractivity contribution in [1.29, 1.82) is 0 Å². The Hall–Kier alpha value is -3.62. The van der Waals surface area contributed by atoms with Gasteiger partial charge in [0, 0.05) is 23.0 Å². The van der Waals surface area contributed by atoms with E-state index in [4.69, 9.17) is 4.74 Å². The fourth-order valence-electron chi connectivity index (χ4n) is 2.65. The zero-order valence-electron chi connectivity index (χ0n) is 15.5. The third-order valence-electron chi connectivity index (χ3n) is 4.11. The lowest BCUT2D eigenvalue weighted by molar-refractivity contribution is -0.137. The fraction of sp³-hybridized carbons (Fsp3) is 0.0952. The Labute approximate surface area is 168 Å². The van der Waals surface area contributed by atoms with E-state index in [9.17, 15) is 26.7 Å². The summed E-state index contributed by atoms with van der Waals surface area (Å²) in [5.41, 5.74) is -0.285. The van der Waals surface area contributed by atoms with Crippen LogP contribution in [0.5, 0.6) is 5.75 Å². The van der Waals surface area contributed by atoms with Crippen molar-refractivity contribution in [3.8, 4) is 5.75 Å². The Morgan fingerprint density at radius 1 is 0.900 bits per heavy atom. The molecule has 30 heavy (non-hydrogen) atoms. The van der Waals surface area contributed by atoms with Crippen LogP contribution in [0.3, 0.4) is 0 Å². The summed E-state index contributed by atoms with van der Waals surface area (Å²) in [4.78, 5) is 12.5. The monoisotopic (exact) mass is 422 g/mol. The molecule has 9 heteroatoms. The largest absolute Gasteiger partial charge is 0.495 e. The molecule has 0 atom stereocenters. The molecule has 0 saturated carbocycles. The number of hydrogen-bond donors (Lipinski definition) is 2. The number of carbonyl (C=O) groups is 1. The summed E-state index contributed by atoms with van der Waals surface area (Å²) in [6.45, 7) is 0. The van der Waals surface area contributed by atoms with E-state index in [0.717, 1.165) is 24.3 Å². The molecular weight excluding hydrogens is 407 g/mol. The molecule has 0 heterocycles. The van der Waals surface area contributed by atoms with Gasteiger partial charge < -0.3 is 15.4 Å². The van der Waals surface area contributed by atoms with Gasteiger partial charge in [-0.05, 0) is 48.5 Å². The van der Waals surface area contributed by atoms with Crippen molar-refractivity contribution in [2.45, 2.75) is 6.18 Å². The molecule has 0 aliphatic heterocycles. The van der Waals surface area contributed by atoms with Crippen LogP contribution in [0.4, 0.5) is 39.0 Å². The van der Waals surface area contributed by atoms with E-state index in [1.165, 1.54) is 43.5 Å². The molecular formula is C21H15F5N2O2. The Kier molecular flexibility index (Phi) is 5.91. The van der Waals surface area contributed by atoms with Gasteiger partial charge in [-0.1, -0.05) is 6.07 Å². The molecule has 0 unspecified atom stereocenters. The summed E-state index contributed by atoms with van der Waals surface area (Å²) in [7, 11) is 1.37. The maximum atomic E-state index is 13.3. The molecule has 0 spiro atoms. The van der Waals surface area contributed by atoms with Crippen LogP contribution in [0.15, 0.2) is 60.7 Å². The molecule has 0 radical (unpaired) electrons. The SMILES string of the molecule is COc1ccc(C(=O)Nc2ccc(F)c(F)c2)cc1Nc1cccc(C(F)(F)F)c1. The molecule has 3 aromatic carbocycles. The van der Waals surface area contributed by atoms with Gasteiger partial charge in [0.1, 0.15) is 5.75 Å². The number of benzene rings is 3. The second-order valence-electron chi connectivity index (χ2n) is 6.20. The maximum absolute atomic E-state index is 13.3. The molecule has 0 aliphatic carbocycles. The molecule has 0 bridgehead atoms. The summed E-state index contributed by atoms with van der Waals surface area (Å²) in [6.07, 6.45) is -4.51. The zero-order chi connectivity index (χ0) is 21.9. The van der Waals surface area contributed by atoms with Gasteiger partial charge in [0.2, 0.25) is 0 Å². The van der Waals surface area contributed by atoms with Crippen LogP contribution >= 0.6 is 0 Å². The first-order valence-corrected chi connectivity index (χ1v) is 8.56. The highest BCUT2D eigenvalue weighted by atomic mass is 19.4. The highest BCUT2D eigenvalue weighted by Gasteiger charge is 2.30. The molecule has 0 saturated heterocycles. The number of carbonyl (C=O) groups excluding carboxylic acids is 1. The van der Waals surface area contributed by atoms with E-state index < -0.39 is 29.3 Å². The lowest BCUT2D eigenvalue weighted by atomic mass is 10.1. The van der Waals surface area contributed by atoms with Crippen molar-refractivity contribution in [2.24, 2.45) is 0 Å². The van der Waals surface area contributed by atoms with Gasteiger partial charge in [0.25, 0.3) is 5.91 Å². The van der Waals surface area contributed by atoms with Crippen molar-refractivity contribution in [3.63, 3.8) is 0 Å². The summed E-state index contributed by atoms with van der Waals surface area (Å²) in [6, 6.07) is 11.7. The summed E-state index contributed by atoms with van der Waals surface area (Å²) >= 11 is 0. The smallest absolute Gasteiger partial charge is 0.416 e. The van der Waals surface area contributed by atoms with E-state index in [0.29, 0.717) is 0 Å². The Morgan fingerprint density at radius 3 is 2.33 bits per heavy atom. The number of alkyl halides is 3. The molecule has 0 aromatic heterocycles. The number of methoxy groups -OCH3 is 1.